The van der Waals surface area contributed by atoms with Gasteiger partial charge in [-0.2, -0.15) is 0 Å². The highest BCUT2D eigenvalue weighted by Crippen LogP contribution is 2.37. The van der Waals surface area contributed by atoms with Crippen LogP contribution in [0.3, 0.4) is 0 Å². The quantitative estimate of drug-likeness (QED) is 0.539. The van der Waals surface area contributed by atoms with Crippen LogP contribution in [0.25, 0.3) is 10.6 Å². The van der Waals surface area contributed by atoms with Crippen LogP contribution in [-0.4, -0.2) is 42.5 Å². The van der Waals surface area contributed by atoms with Crippen molar-refractivity contribution in [2.75, 3.05) is 20.7 Å². The molecule has 1 fully saturated rings. The predicted octanol–water partition coefficient (Wildman–Crippen LogP) is 5.34. The first-order valence-corrected chi connectivity index (χ1v) is 12.7. The van der Waals surface area contributed by atoms with Gasteiger partial charge in [-0.3, -0.25) is 4.79 Å². The number of nitrogens with one attached hydrogen (secondary N) is 1. The van der Waals surface area contributed by atoms with Crippen molar-refractivity contribution in [3.8, 4) is 16.3 Å². The molecule has 2 aromatic carbocycles. The van der Waals surface area contributed by atoms with Gasteiger partial charge in [-0.1, -0.05) is 30.3 Å². The maximum atomic E-state index is 12.9. The number of aromatic nitrogens is 1. The fourth-order valence-electron chi connectivity index (χ4n) is 5.31. The van der Waals surface area contributed by atoms with Gasteiger partial charge in [-0.25, -0.2) is 4.98 Å². The number of hydrogen-bond donors (Lipinski definition) is 1. The largest absolute Gasteiger partial charge is 0.493 e. The Morgan fingerprint density at radius 1 is 1.12 bits per heavy atom. The van der Waals surface area contributed by atoms with Gasteiger partial charge < -0.3 is 15.0 Å². The fraction of sp³-hybridized carbons (Fsp3) is 0.407. The van der Waals surface area contributed by atoms with Crippen LogP contribution < -0.4 is 10.1 Å². The van der Waals surface area contributed by atoms with Gasteiger partial charge in [0, 0.05) is 29.4 Å². The van der Waals surface area contributed by atoms with Crippen LogP contribution in [0.5, 0.6) is 5.75 Å². The van der Waals surface area contributed by atoms with Gasteiger partial charge in [0.1, 0.15) is 16.5 Å². The minimum absolute atomic E-state index is 0.0577. The molecule has 3 aromatic rings. The summed E-state index contributed by atoms with van der Waals surface area (Å²) in [7, 11) is 4.33. The zero-order valence-electron chi connectivity index (χ0n) is 19.3. The third kappa shape index (κ3) is 4.82. The molecule has 1 saturated carbocycles. The van der Waals surface area contributed by atoms with Crippen molar-refractivity contribution >= 4 is 17.2 Å². The average Bonchev–Trinajstić information content (AvgIpc) is 3.50. The first-order chi connectivity index (χ1) is 16.1. The Morgan fingerprint density at radius 2 is 1.91 bits per heavy atom. The molecule has 1 aliphatic carbocycles. The van der Waals surface area contributed by atoms with E-state index < -0.39 is 0 Å². The number of carbonyl (C=O) groups excluding carboxylic acids is 1. The highest BCUT2D eigenvalue weighted by molar-refractivity contribution is 7.13. The van der Waals surface area contributed by atoms with E-state index in [9.17, 15) is 4.79 Å². The lowest BCUT2D eigenvalue weighted by Gasteiger charge is -2.37. The zero-order valence-corrected chi connectivity index (χ0v) is 20.1. The number of hydrogen-bond acceptors (Lipinski definition) is 5. The number of benzene rings is 2. The molecule has 0 spiro atoms. The summed E-state index contributed by atoms with van der Waals surface area (Å²) >= 11 is 1.53. The average molecular weight is 462 g/mol. The van der Waals surface area contributed by atoms with Gasteiger partial charge in [-0.15, -0.1) is 11.3 Å². The Bertz CT molecular complexity index is 1100. The monoisotopic (exact) mass is 461 g/mol. The van der Waals surface area contributed by atoms with Crippen LogP contribution in [0, 0.1) is 5.92 Å². The van der Waals surface area contributed by atoms with Crippen molar-refractivity contribution in [2.45, 2.75) is 44.2 Å². The van der Waals surface area contributed by atoms with Crippen LogP contribution in [0.2, 0.25) is 0 Å². The fourth-order valence-corrected chi connectivity index (χ4v) is 6.11. The highest BCUT2D eigenvalue weighted by atomic mass is 32.1. The van der Waals surface area contributed by atoms with Crippen LogP contribution in [0.4, 0.5) is 0 Å². The second-order valence-electron chi connectivity index (χ2n) is 9.36. The number of ether oxygens (including phenoxy) is 1. The summed E-state index contributed by atoms with van der Waals surface area (Å²) in [5, 5.41) is 6.00. The molecule has 1 amide bonds. The Kier molecular flexibility index (Phi) is 6.47. The SMILES string of the molecule is CN(C)C(c1ccccc1)C1CCC(NC(=O)c2csc(-c3ccc4c(c3)CCO4)n2)CC1. The number of carbonyl (C=O) groups is 1. The molecule has 2 aliphatic rings. The normalized spacial score (nSPS) is 20.8. The molecule has 1 unspecified atom stereocenters. The zero-order chi connectivity index (χ0) is 22.8. The van der Waals surface area contributed by atoms with Crippen molar-refractivity contribution in [3.05, 3.63) is 70.7 Å². The molecular formula is C27H31N3O2S. The first kappa shape index (κ1) is 22.1. The Hall–Kier alpha value is -2.70. The topological polar surface area (TPSA) is 54.5 Å². The number of fused-ring (bicyclic) bond motifs is 1. The van der Waals surface area contributed by atoms with Crippen LogP contribution in [0.15, 0.2) is 53.9 Å². The van der Waals surface area contributed by atoms with Crippen molar-refractivity contribution in [2.24, 2.45) is 5.92 Å². The predicted molar refractivity (Wildman–Crippen MR) is 133 cm³/mol. The van der Waals surface area contributed by atoms with Crippen molar-refractivity contribution in [1.82, 2.24) is 15.2 Å². The number of rotatable bonds is 6. The number of nitrogens with zero attached hydrogens (tertiary/aromatic N) is 2. The molecule has 1 N–H and O–H groups in total. The lowest BCUT2D eigenvalue weighted by atomic mass is 9.78. The second kappa shape index (κ2) is 9.65. The van der Waals surface area contributed by atoms with E-state index in [1.165, 1.54) is 22.5 Å². The van der Waals surface area contributed by atoms with Crippen LogP contribution in [0.1, 0.15) is 53.3 Å². The third-order valence-corrected chi connectivity index (χ3v) is 7.82. The molecule has 1 aromatic heterocycles. The minimum atomic E-state index is -0.0577. The molecule has 172 valence electrons. The Labute approximate surface area is 199 Å². The van der Waals surface area contributed by atoms with E-state index in [1.807, 2.05) is 17.5 Å². The molecule has 0 saturated heterocycles. The molecule has 6 heteroatoms. The van der Waals surface area contributed by atoms with E-state index in [0.29, 0.717) is 17.7 Å². The van der Waals surface area contributed by atoms with Crippen molar-refractivity contribution in [1.29, 1.82) is 0 Å². The Balaban J connectivity index is 1.19. The molecule has 5 nitrogen and oxygen atoms in total. The molecule has 33 heavy (non-hydrogen) atoms. The van der Waals surface area contributed by atoms with Gasteiger partial charge in [0.15, 0.2) is 0 Å². The molecule has 2 heterocycles. The van der Waals surface area contributed by atoms with Gasteiger partial charge in [0.05, 0.1) is 6.61 Å². The van der Waals surface area contributed by atoms with Crippen LogP contribution in [-0.2, 0) is 6.42 Å². The van der Waals surface area contributed by atoms with Gasteiger partial charge in [0.25, 0.3) is 5.91 Å². The maximum Gasteiger partial charge on any atom is 0.270 e. The maximum absolute atomic E-state index is 12.9. The van der Waals surface area contributed by atoms with Crippen LogP contribution >= 0.6 is 11.3 Å². The summed E-state index contributed by atoms with van der Waals surface area (Å²) < 4.78 is 5.59. The summed E-state index contributed by atoms with van der Waals surface area (Å²) in [5.41, 5.74) is 4.17. The summed E-state index contributed by atoms with van der Waals surface area (Å²) in [6.07, 6.45) is 5.18. The minimum Gasteiger partial charge on any atom is -0.493 e. The smallest absolute Gasteiger partial charge is 0.270 e. The summed E-state index contributed by atoms with van der Waals surface area (Å²) in [4.78, 5) is 19.9. The number of amides is 1. The molecule has 1 aliphatic heterocycles. The molecule has 0 bridgehead atoms. The summed E-state index contributed by atoms with van der Waals surface area (Å²) in [5.74, 6) is 1.51. The van der Waals surface area contributed by atoms with E-state index in [0.717, 1.165) is 55.0 Å². The molecule has 1 atom stereocenters. The van der Waals surface area contributed by atoms with E-state index in [2.05, 4.69) is 65.7 Å². The van der Waals surface area contributed by atoms with E-state index in [4.69, 9.17) is 4.74 Å². The lowest BCUT2D eigenvalue weighted by Crippen LogP contribution is -2.40. The molecular weight excluding hydrogens is 430 g/mol. The second-order valence-corrected chi connectivity index (χ2v) is 10.2. The van der Waals surface area contributed by atoms with Gasteiger partial charge in [-0.05, 0) is 75.0 Å². The summed E-state index contributed by atoms with van der Waals surface area (Å²) in [6, 6.07) is 17.6. The van der Waals surface area contributed by atoms with E-state index >= 15 is 0 Å². The van der Waals surface area contributed by atoms with Gasteiger partial charge >= 0.3 is 0 Å². The highest BCUT2D eigenvalue weighted by Gasteiger charge is 2.30. The lowest BCUT2D eigenvalue weighted by molar-refractivity contribution is 0.0902. The van der Waals surface area contributed by atoms with Crippen molar-refractivity contribution in [3.63, 3.8) is 0 Å². The van der Waals surface area contributed by atoms with E-state index in [1.54, 1.807) is 0 Å². The third-order valence-electron chi connectivity index (χ3n) is 6.92. The first-order valence-electron chi connectivity index (χ1n) is 11.8. The molecule has 0 radical (unpaired) electrons. The molecule has 5 rings (SSSR count). The van der Waals surface area contributed by atoms with E-state index in [-0.39, 0.29) is 11.9 Å². The standard InChI is InChI=1S/C27H31N3O2S/c1-30(2)25(18-6-4-3-5-7-18)19-8-11-22(12-9-19)28-26(31)23-17-33-27(29-23)21-10-13-24-20(16-21)14-15-32-24/h3-7,10,13,16-17,19,22,25H,8-9,11-12,14-15H2,1-2H3,(H,28,31). The number of thiazole rings is 1. The summed E-state index contributed by atoms with van der Waals surface area (Å²) in [6.45, 7) is 0.743. The Morgan fingerprint density at radius 3 is 2.67 bits per heavy atom. The van der Waals surface area contributed by atoms with Crippen molar-refractivity contribution < 1.29 is 9.53 Å². The van der Waals surface area contributed by atoms with Gasteiger partial charge in [0.2, 0.25) is 0 Å².